The number of carboxylic acid groups (broad SMARTS) is 4. The van der Waals surface area contributed by atoms with E-state index in [1.165, 1.54) is 0 Å². The molecule has 0 spiro atoms. The van der Waals surface area contributed by atoms with Gasteiger partial charge < -0.3 is 29.9 Å². The quantitative estimate of drug-likeness (QED) is 0.352. The lowest BCUT2D eigenvalue weighted by Crippen LogP contribution is -2.46. The van der Waals surface area contributed by atoms with Crippen molar-refractivity contribution in [3.8, 4) is 5.69 Å². The van der Waals surface area contributed by atoms with E-state index in [2.05, 4.69) is 40.5 Å². The molecule has 35 heavy (non-hydrogen) atoms. The van der Waals surface area contributed by atoms with Gasteiger partial charge in [-0.25, -0.2) is 19.2 Å². The number of para-hydroxylation sites is 1. The number of piperazine rings is 1. The Bertz CT molecular complexity index is 1010. The second-order valence-corrected chi connectivity index (χ2v) is 7.68. The number of likely N-dealkylation sites (N-methyl/N-ethyl adjacent to an activating group) is 1. The fraction of sp³-hybridized carbons (Fsp3) is 0.348. The Labute approximate surface area is 201 Å². The molecule has 1 aromatic heterocycles. The van der Waals surface area contributed by atoms with Crippen molar-refractivity contribution in [3.63, 3.8) is 0 Å². The van der Waals surface area contributed by atoms with Crippen LogP contribution in [-0.4, -0.2) is 104 Å². The maximum atomic E-state index is 12.7. The number of aryl methyl sites for hydroxylation is 1. The lowest BCUT2D eigenvalue weighted by Gasteiger charge is -2.31. The van der Waals surface area contributed by atoms with E-state index in [4.69, 9.17) is 39.6 Å². The molecule has 2 aromatic rings. The molecule has 1 fully saturated rings. The number of Topliss-reactive ketones (excluding diaryl/α,β-unsaturated/α-hetero) is 1. The molecular formula is C23H29N3O9. The van der Waals surface area contributed by atoms with Crippen LogP contribution in [0.5, 0.6) is 0 Å². The summed E-state index contributed by atoms with van der Waals surface area (Å²) in [5.41, 5.74) is 4.11. The van der Waals surface area contributed by atoms with E-state index >= 15 is 0 Å². The van der Waals surface area contributed by atoms with Crippen molar-refractivity contribution < 1.29 is 44.4 Å². The van der Waals surface area contributed by atoms with Crippen LogP contribution < -0.4 is 0 Å². The third-order valence-electron chi connectivity index (χ3n) is 5.07. The molecule has 0 saturated carbocycles. The minimum absolute atomic E-state index is 0.227. The van der Waals surface area contributed by atoms with Gasteiger partial charge in [0.15, 0.2) is 5.78 Å². The van der Waals surface area contributed by atoms with Gasteiger partial charge in [-0.05, 0) is 39.1 Å². The van der Waals surface area contributed by atoms with Gasteiger partial charge in [0, 0.05) is 48.8 Å². The van der Waals surface area contributed by atoms with Gasteiger partial charge in [0.2, 0.25) is 0 Å². The van der Waals surface area contributed by atoms with Crippen LogP contribution in [0, 0.1) is 13.8 Å². The highest BCUT2D eigenvalue weighted by atomic mass is 16.4. The average molecular weight is 491 g/mol. The number of carbonyl (C=O) groups excluding carboxylic acids is 1. The van der Waals surface area contributed by atoms with Crippen LogP contribution in [-0.2, 0) is 19.2 Å². The van der Waals surface area contributed by atoms with Crippen LogP contribution in [0.25, 0.3) is 5.69 Å². The third kappa shape index (κ3) is 9.39. The molecule has 2 heterocycles. The van der Waals surface area contributed by atoms with Crippen molar-refractivity contribution >= 4 is 29.7 Å². The Morgan fingerprint density at radius 3 is 1.66 bits per heavy atom. The number of carbonyl (C=O) groups is 5. The summed E-state index contributed by atoms with van der Waals surface area (Å²) in [6, 6.07) is 12.3. The van der Waals surface area contributed by atoms with Crippen molar-refractivity contribution in [2.45, 2.75) is 13.8 Å². The SMILES string of the molecule is Cc1cc(C(=O)CN2CCN(C)CC2)c(C)n1-c1ccccc1.O=C(O)C(=O)O.O=C(O)C(=O)O. The molecule has 12 nitrogen and oxygen atoms in total. The van der Waals surface area contributed by atoms with Crippen LogP contribution in [0.15, 0.2) is 36.4 Å². The van der Waals surface area contributed by atoms with E-state index in [0.717, 1.165) is 48.8 Å². The lowest BCUT2D eigenvalue weighted by molar-refractivity contribution is -0.159. The summed E-state index contributed by atoms with van der Waals surface area (Å²) in [4.78, 5) is 53.7. The monoisotopic (exact) mass is 491 g/mol. The van der Waals surface area contributed by atoms with Crippen LogP contribution in [0.2, 0.25) is 0 Å². The minimum atomic E-state index is -1.82. The third-order valence-corrected chi connectivity index (χ3v) is 5.07. The molecule has 0 amide bonds. The van der Waals surface area contributed by atoms with Crippen LogP contribution in [0.3, 0.4) is 0 Å². The van der Waals surface area contributed by atoms with Gasteiger partial charge in [-0.15, -0.1) is 0 Å². The predicted molar refractivity (Wildman–Crippen MR) is 124 cm³/mol. The molecule has 0 aliphatic carbocycles. The van der Waals surface area contributed by atoms with Gasteiger partial charge in [-0.2, -0.15) is 0 Å². The molecule has 3 rings (SSSR count). The fourth-order valence-electron chi connectivity index (χ4n) is 3.31. The average Bonchev–Trinajstić information content (AvgIpc) is 3.10. The first-order valence-corrected chi connectivity index (χ1v) is 10.5. The van der Waals surface area contributed by atoms with Gasteiger partial charge >= 0.3 is 23.9 Å². The molecule has 12 heteroatoms. The second-order valence-electron chi connectivity index (χ2n) is 7.68. The molecule has 0 bridgehead atoms. The molecule has 1 aliphatic heterocycles. The number of aliphatic carboxylic acids is 4. The van der Waals surface area contributed by atoms with Crippen LogP contribution in [0.1, 0.15) is 21.7 Å². The first-order valence-electron chi connectivity index (χ1n) is 10.5. The highest BCUT2D eigenvalue weighted by Gasteiger charge is 2.21. The summed E-state index contributed by atoms with van der Waals surface area (Å²) in [6.07, 6.45) is 0. The number of ketones is 1. The maximum Gasteiger partial charge on any atom is 0.414 e. The Hall–Kier alpha value is -4.03. The van der Waals surface area contributed by atoms with E-state index in [0.29, 0.717) is 6.54 Å². The Balaban J connectivity index is 0.000000425. The Kier molecular flexibility index (Phi) is 11.3. The van der Waals surface area contributed by atoms with Gasteiger partial charge in [0.1, 0.15) is 0 Å². The van der Waals surface area contributed by atoms with Gasteiger partial charge in [-0.1, -0.05) is 18.2 Å². The van der Waals surface area contributed by atoms with E-state index in [-0.39, 0.29) is 5.78 Å². The number of hydrogen-bond donors (Lipinski definition) is 4. The normalized spacial score (nSPS) is 13.5. The Morgan fingerprint density at radius 2 is 1.23 bits per heavy atom. The van der Waals surface area contributed by atoms with E-state index in [9.17, 15) is 4.79 Å². The fourth-order valence-corrected chi connectivity index (χ4v) is 3.31. The van der Waals surface area contributed by atoms with Crippen molar-refractivity contribution in [2.75, 3.05) is 39.8 Å². The second kappa shape index (κ2) is 13.6. The summed E-state index contributed by atoms with van der Waals surface area (Å²) in [7, 11) is 2.13. The van der Waals surface area contributed by atoms with Gasteiger partial charge in [0.05, 0.1) is 6.54 Å². The number of aromatic nitrogens is 1. The summed E-state index contributed by atoms with van der Waals surface area (Å²) >= 11 is 0. The smallest absolute Gasteiger partial charge is 0.414 e. The molecule has 0 atom stereocenters. The molecule has 1 aromatic carbocycles. The lowest BCUT2D eigenvalue weighted by atomic mass is 10.1. The molecule has 0 unspecified atom stereocenters. The number of benzene rings is 1. The van der Waals surface area contributed by atoms with Crippen molar-refractivity contribution in [2.24, 2.45) is 0 Å². The van der Waals surface area contributed by atoms with Gasteiger partial charge in [-0.3, -0.25) is 9.69 Å². The number of rotatable bonds is 4. The molecule has 1 saturated heterocycles. The topological polar surface area (TPSA) is 178 Å². The molecule has 4 N–H and O–H groups in total. The summed E-state index contributed by atoms with van der Waals surface area (Å²) in [5, 5.41) is 29.6. The highest BCUT2D eigenvalue weighted by Crippen LogP contribution is 2.21. The minimum Gasteiger partial charge on any atom is -0.473 e. The predicted octanol–water partition coefficient (Wildman–Crippen LogP) is 0.835. The summed E-state index contributed by atoms with van der Waals surface area (Å²) in [6.45, 7) is 8.64. The zero-order chi connectivity index (χ0) is 26.7. The first-order chi connectivity index (χ1) is 16.3. The zero-order valence-corrected chi connectivity index (χ0v) is 19.7. The molecule has 0 radical (unpaired) electrons. The standard InChI is InChI=1S/C19H25N3O.2C2H2O4/c1-15-13-18(16(2)22(15)17-7-5-4-6-8-17)19(23)14-21-11-9-20(3)10-12-21;2*3-1(4)2(5)6/h4-8,13H,9-12,14H2,1-3H3;2*(H,3,4)(H,5,6). The molecular weight excluding hydrogens is 462 g/mol. The van der Waals surface area contributed by atoms with Crippen molar-refractivity contribution in [1.82, 2.24) is 14.4 Å². The van der Waals surface area contributed by atoms with Gasteiger partial charge in [0.25, 0.3) is 0 Å². The molecule has 190 valence electrons. The van der Waals surface area contributed by atoms with E-state index < -0.39 is 23.9 Å². The van der Waals surface area contributed by atoms with Crippen molar-refractivity contribution in [3.05, 3.63) is 53.3 Å². The highest BCUT2D eigenvalue weighted by molar-refractivity contribution is 6.27. The summed E-state index contributed by atoms with van der Waals surface area (Å²) in [5.74, 6) is -7.07. The van der Waals surface area contributed by atoms with Crippen LogP contribution >= 0.6 is 0 Å². The van der Waals surface area contributed by atoms with E-state index in [1.807, 2.05) is 31.2 Å². The first kappa shape index (κ1) is 29.0. The number of hydrogen-bond acceptors (Lipinski definition) is 7. The number of nitrogens with zero attached hydrogens (tertiary/aromatic N) is 3. The largest absolute Gasteiger partial charge is 0.473 e. The Morgan fingerprint density at radius 1 is 0.771 bits per heavy atom. The number of carboxylic acids is 4. The molecule has 1 aliphatic rings. The zero-order valence-electron chi connectivity index (χ0n) is 19.7. The van der Waals surface area contributed by atoms with Crippen LogP contribution in [0.4, 0.5) is 0 Å². The summed E-state index contributed by atoms with van der Waals surface area (Å²) < 4.78 is 2.16. The van der Waals surface area contributed by atoms with Crippen molar-refractivity contribution in [1.29, 1.82) is 0 Å². The maximum absolute atomic E-state index is 12.7. The van der Waals surface area contributed by atoms with E-state index in [1.54, 1.807) is 0 Å².